The Morgan fingerprint density at radius 3 is 2.36 bits per heavy atom. The summed E-state index contributed by atoms with van der Waals surface area (Å²) in [6.45, 7) is 17.5. The van der Waals surface area contributed by atoms with Crippen molar-refractivity contribution in [2.45, 2.75) is 77.9 Å². The fourth-order valence-electron chi connectivity index (χ4n) is 1.92. The molecule has 0 aliphatic rings. The lowest BCUT2D eigenvalue weighted by molar-refractivity contribution is 0.0490. The van der Waals surface area contributed by atoms with Gasteiger partial charge in [-0.1, -0.05) is 20.8 Å². The summed E-state index contributed by atoms with van der Waals surface area (Å²) in [5.74, 6) is 0. The van der Waals surface area contributed by atoms with E-state index in [0.717, 1.165) is 4.60 Å². The summed E-state index contributed by atoms with van der Waals surface area (Å²) in [6, 6.07) is 0. The van der Waals surface area contributed by atoms with Gasteiger partial charge in [0.05, 0.1) is 19.0 Å². The van der Waals surface area contributed by atoms with Crippen molar-refractivity contribution in [3.63, 3.8) is 0 Å². The number of hydrogen-bond acceptors (Lipinski definition) is 4. The normalized spacial score (nSPS) is 14.3. The predicted molar refractivity (Wildman–Crippen MR) is 106 cm³/mol. The minimum atomic E-state index is -1.97. The summed E-state index contributed by atoms with van der Waals surface area (Å²) in [4.78, 5) is 16.2. The molecule has 6 nitrogen and oxygen atoms in total. The Hall–Kier alpha value is -0.863. The first-order valence-electron chi connectivity index (χ1n) is 8.51. The second-order valence-electron chi connectivity index (χ2n) is 8.78. The van der Waals surface area contributed by atoms with Crippen LogP contribution in [0.4, 0.5) is 4.79 Å². The van der Waals surface area contributed by atoms with Gasteiger partial charge in [-0.15, -0.1) is 0 Å². The van der Waals surface area contributed by atoms with Gasteiger partial charge >= 0.3 is 6.09 Å². The van der Waals surface area contributed by atoms with Crippen molar-refractivity contribution < 1.29 is 14.0 Å². The van der Waals surface area contributed by atoms with Crippen LogP contribution in [0.1, 0.15) is 41.5 Å². The highest BCUT2D eigenvalue weighted by atomic mass is 79.9. The van der Waals surface area contributed by atoms with Gasteiger partial charge in [0.1, 0.15) is 10.2 Å². The van der Waals surface area contributed by atoms with Crippen molar-refractivity contribution >= 4 is 30.3 Å². The Balaban J connectivity index is 2.79. The molecule has 0 fully saturated rings. The first-order chi connectivity index (χ1) is 11.2. The third-order valence-electron chi connectivity index (χ3n) is 4.16. The molecule has 0 bridgehead atoms. The average molecular weight is 434 g/mol. The van der Waals surface area contributed by atoms with Crippen LogP contribution in [0.15, 0.2) is 17.1 Å². The van der Waals surface area contributed by atoms with E-state index in [0.29, 0.717) is 13.1 Å². The van der Waals surface area contributed by atoms with Crippen LogP contribution in [0.5, 0.6) is 0 Å². The van der Waals surface area contributed by atoms with Crippen molar-refractivity contribution in [1.29, 1.82) is 0 Å². The van der Waals surface area contributed by atoms with Crippen molar-refractivity contribution in [3.8, 4) is 0 Å². The number of carbonyl (C=O) groups excluding carboxylic acids is 1. The van der Waals surface area contributed by atoms with Gasteiger partial charge in [0.25, 0.3) is 0 Å². The summed E-state index contributed by atoms with van der Waals surface area (Å²) in [5, 5.41) is 2.92. The molecule has 1 heterocycles. The highest BCUT2D eigenvalue weighted by Crippen LogP contribution is 2.37. The molecule has 0 radical (unpaired) electrons. The molecule has 1 amide bonds. The number of carbonyl (C=O) groups is 1. The van der Waals surface area contributed by atoms with Crippen LogP contribution in [0.25, 0.3) is 0 Å². The minimum Gasteiger partial charge on any atom is -0.444 e. The molecule has 0 saturated heterocycles. The number of alkyl carbamates (subject to hydrolysis) is 1. The van der Waals surface area contributed by atoms with Crippen LogP contribution in [0, 0.1) is 0 Å². The Bertz CT molecular complexity index is 576. The molecule has 1 aromatic heterocycles. The monoisotopic (exact) mass is 433 g/mol. The largest absolute Gasteiger partial charge is 0.444 e. The third-order valence-corrected chi connectivity index (χ3v) is 9.10. The summed E-state index contributed by atoms with van der Waals surface area (Å²) in [6.07, 6.45) is 3.06. The highest BCUT2D eigenvalue weighted by molar-refractivity contribution is 9.10. The van der Waals surface area contributed by atoms with Crippen molar-refractivity contribution in [2.75, 3.05) is 6.54 Å². The molecule has 1 N–H and O–H groups in total. The summed E-state index contributed by atoms with van der Waals surface area (Å²) < 4.78 is 14.6. The lowest BCUT2D eigenvalue weighted by Gasteiger charge is -2.39. The van der Waals surface area contributed by atoms with E-state index in [-0.39, 0.29) is 11.1 Å². The molecular weight excluding hydrogens is 402 g/mol. The van der Waals surface area contributed by atoms with Crippen LogP contribution in [0.3, 0.4) is 0 Å². The van der Waals surface area contributed by atoms with E-state index in [1.54, 1.807) is 6.33 Å². The van der Waals surface area contributed by atoms with E-state index in [9.17, 15) is 4.79 Å². The van der Waals surface area contributed by atoms with Gasteiger partial charge in [-0.25, -0.2) is 9.78 Å². The van der Waals surface area contributed by atoms with Crippen molar-refractivity contribution in [3.05, 3.63) is 17.1 Å². The zero-order valence-corrected chi connectivity index (χ0v) is 19.2. The quantitative estimate of drug-likeness (QED) is 0.667. The van der Waals surface area contributed by atoms with Gasteiger partial charge in [0, 0.05) is 12.7 Å². The number of imidazole rings is 1. The molecule has 1 unspecified atom stereocenters. The molecule has 25 heavy (non-hydrogen) atoms. The van der Waals surface area contributed by atoms with Gasteiger partial charge in [-0.3, -0.25) is 0 Å². The maximum atomic E-state index is 12.0. The van der Waals surface area contributed by atoms with E-state index >= 15 is 0 Å². The minimum absolute atomic E-state index is 0.0900. The first-order valence-corrected chi connectivity index (χ1v) is 12.2. The maximum absolute atomic E-state index is 12.0. The molecule has 1 atom stereocenters. The molecule has 0 aliphatic carbocycles. The predicted octanol–water partition coefficient (Wildman–Crippen LogP) is 4.56. The molecule has 0 saturated carbocycles. The Morgan fingerprint density at radius 2 is 1.92 bits per heavy atom. The molecule has 1 aromatic rings. The molecule has 0 aromatic carbocycles. The molecule has 144 valence electrons. The molecular formula is C17H32BrN3O3Si. The van der Waals surface area contributed by atoms with Crippen LogP contribution in [-0.4, -0.2) is 42.2 Å². The summed E-state index contributed by atoms with van der Waals surface area (Å²) in [7, 11) is -1.97. The topological polar surface area (TPSA) is 65.4 Å². The lowest BCUT2D eigenvalue weighted by atomic mass is 10.2. The van der Waals surface area contributed by atoms with Gasteiger partial charge in [0.2, 0.25) is 0 Å². The van der Waals surface area contributed by atoms with Crippen LogP contribution >= 0.6 is 15.9 Å². The Morgan fingerprint density at radius 1 is 1.32 bits per heavy atom. The van der Waals surface area contributed by atoms with Crippen molar-refractivity contribution in [2.24, 2.45) is 0 Å². The van der Waals surface area contributed by atoms with E-state index in [1.807, 2.05) is 31.5 Å². The zero-order valence-electron chi connectivity index (χ0n) is 16.6. The standard InChI is InChI=1S/C17H32BrN3O3Si/c1-16(2,3)23-15(22)19-9-13(10-21-11-14(18)20-12-21)24-25(7,8)17(4,5)6/h11-13H,9-10H2,1-8H3,(H,19,22). The maximum Gasteiger partial charge on any atom is 0.407 e. The Kier molecular flexibility index (Phi) is 7.29. The number of rotatable bonds is 6. The van der Waals surface area contributed by atoms with Crippen LogP contribution < -0.4 is 5.32 Å². The van der Waals surface area contributed by atoms with E-state index in [1.165, 1.54) is 0 Å². The van der Waals surface area contributed by atoms with E-state index in [2.05, 4.69) is 60.1 Å². The highest BCUT2D eigenvalue weighted by Gasteiger charge is 2.39. The number of hydrogen-bond donors (Lipinski definition) is 1. The zero-order chi connectivity index (χ0) is 19.5. The van der Waals surface area contributed by atoms with Gasteiger partial charge in [-0.2, -0.15) is 0 Å². The van der Waals surface area contributed by atoms with Crippen LogP contribution in [-0.2, 0) is 15.7 Å². The van der Waals surface area contributed by atoms with Crippen molar-refractivity contribution in [1.82, 2.24) is 14.9 Å². The molecule has 1 rings (SSSR count). The van der Waals surface area contributed by atoms with E-state index < -0.39 is 20.0 Å². The number of nitrogens with zero attached hydrogens (tertiary/aromatic N) is 2. The third kappa shape index (κ3) is 7.92. The SMILES string of the molecule is CC(C)(C)OC(=O)NCC(Cn1cnc(Br)c1)O[Si](C)(C)C(C)(C)C. The lowest BCUT2D eigenvalue weighted by Crippen LogP contribution is -2.48. The second-order valence-corrected chi connectivity index (χ2v) is 14.3. The number of amides is 1. The molecule has 0 spiro atoms. The van der Waals surface area contributed by atoms with Gasteiger partial charge in [0.15, 0.2) is 8.32 Å². The smallest absolute Gasteiger partial charge is 0.407 e. The fourth-order valence-corrected chi connectivity index (χ4v) is 3.62. The number of halogens is 1. The first kappa shape index (κ1) is 22.2. The van der Waals surface area contributed by atoms with Crippen LogP contribution in [0.2, 0.25) is 18.1 Å². The number of ether oxygens (including phenoxy) is 1. The number of nitrogens with one attached hydrogen (secondary N) is 1. The Labute approximate surface area is 160 Å². The van der Waals surface area contributed by atoms with Gasteiger partial charge < -0.3 is 19.0 Å². The fraction of sp³-hybridized carbons (Fsp3) is 0.765. The molecule has 0 aliphatic heterocycles. The molecule has 8 heteroatoms. The average Bonchev–Trinajstić information content (AvgIpc) is 2.77. The van der Waals surface area contributed by atoms with Gasteiger partial charge in [-0.05, 0) is 54.8 Å². The number of aromatic nitrogens is 2. The summed E-state index contributed by atoms with van der Waals surface area (Å²) >= 11 is 3.36. The summed E-state index contributed by atoms with van der Waals surface area (Å²) in [5.41, 5.74) is -0.519. The second kappa shape index (κ2) is 8.22. The van der Waals surface area contributed by atoms with E-state index in [4.69, 9.17) is 9.16 Å².